The van der Waals surface area contributed by atoms with Gasteiger partial charge in [-0.3, -0.25) is 9.97 Å². The predicted molar refractivity (Wildman–Crippen MR) is 172 cm³/mol. The van der Waals surface area contributed by atoms with E-state index in [2.05, 4.69) is 57.9 Å². The zero-order valence-electron chi connectivity index (χ0n) is 23.2. The lowest BCUT2D eigenvalue weighted by Crippen LogP contribution is -2.37. The van der Waals surface area contributed by atoms with Gasteiger partial charge in [0.05, 0.1) is 41.3 Å². The molecular formula is C28H28BrN8O3PS. The number of nitrogens with zero attached hydrogens (tertiary/aromatic N) is 6. The molecule has 2 N–H and O–H groups in total. The number of hydrogen-bond donors (Lipinski definition) is 2. The standard InChI is InChI=1S/C28H28BrN8O3PS/c1-39-27-22(14-18(17-6-13-42-16-17)26(36-27)37-9-11-40-12-10-37)34-28-32-15-19(29)25(35-28)33-21-5-4-20-23(31-8-7-30-20)24(21)41(2,3)38/h4-8,13-16H,9-12H2,1-3H3,(H2,32,33,34,35). The molecule has 1 aliphatic heterocycles. The number of thiophene rings is 1. The van der Waals surface area contributed by atoms with Gasteiger partial charge in [0.2, 0.25) is 11.8 Å². The Bertz CT molecular complexity index is 1790. The summed E-state index contributed by atoms with van der Waals surface area (Å²) < 4.78 is 25.3. The van der Waals surface area contributed by atoms with Crippen molar-refractivity contribution in [1.29, 1.82) is 0 Å². The average Bonchev–Trinajstić information content (AvgIpc) is 3.53. The van der Waals surface area contributed by atoms with Crippen molar-refractivity contribution in [2.45, 2.75) is 0 Å². The number of ether oxygens (including phenoxy) is 2. The van der Waals surface area contributed by atoms with Gasteiger partial charge in [-0.05, 0) is 69.8 Å². The fraction of sp³-hybridized carbons (Fsp3) is 0.250. The topological polar surface area (TPSA) is 127 Å². The van der Waals surface area contributed by atoms with Crippen molar-refractivity contribution in [3.05, 3.63) is 58.1 Å². The first-order valence-corrected chi connectivity index (χ1v) is 17.5. The van der Waals surface area contributed by atoms with Crippen molar-refractivity contribution in [3.63, 3.8) is 0 Å². The van der Waals surface area contributed by atoms with Gasteiger partial charge in [-0.2, -0.15) is 21.3 Å². The van der Waals surface area contributed by atoms with Crippen LogP contribution in [0.3, 0.4) is 0 Å². The van der Waals surface area contributed by atoms with Crippen LogP contribution in [0.15, 0.2) is 58.1 Å². The van der Waals surface area contributed by atoms with Gasteiger partial charge in [0, 0.05) is 37.2 Å². The fourth-order valence-electron chi connectivity index (χ4n) is 4.81. The Balaban J connectivity index is 1.37. The van der Waals surface area contributed by atoms with E-state index in [0.29, 0.717) is 63.0 Å². The van der Waals surface area contributed by atoms with Crippen LogP contribution in [0.1, 0.15) is 0 Å². The molecule has 0 atom stereocenters. The first-order chi connectivity index (χ1) is 20.3. The molecule has 0 amide bonds. The third-order valence-corrected chi connectivity index (χ3v) is 9.49. The molecule has 1 aromatic carbocycles. The normalized spacial score (nSPS) is 13.8. The summed E-state index contributed by atoms with van der Waals surface area (Å²) in [5.74, 6) is 2.08. The summed E-state index contributed by atoms with van der Waals surface area (Å²) in [4.78, 5) is 25.2. The number of benzene rings is 1. The summed E-state index contributed by atoms with van der Waals surface area (Å²) in [7, 11) is -1.16. The van der Waals surface area contributed by atoms with Crippen molar-refractivity contribution < 1.29 is 14.0 Å². The van der Waals surface area contributed by atoms with E-state index < -0.39 is 7.14 Å². The minimum atomic E-state index is -2.75. The third kappa shape index (κ3) is 5.82. The molecule has 0 radical (unpaired) electrons. The number of hydrogen-bond acceptors (Lipinski definition) is 12. The van der Waals surface area contributed by atoms with Gasteiger partial charge < -0.3 is 29.6 Å². The summed E-state index contributed by atoms with van der Waals surface area (Å²) in [6.45, 7) is 6.22. The first-order valence-electron chi connectivity index (χ1n) is 13.1. The smallest absolute Gasteiger partial charge is 0.239 e. The number of nitrogens with one attached hydrogen (secondary N) is 2. The van der Waals surface area contributed by atoms with Gasteiger partial charge in [0.15, 0.2) is 0 Å². The van der Waals surface area contributed by atoms with Crippen LogP contribution in [0.25, 0.3) is 22.2 Å². The van der Waals surface area contributed by atoms with E-state index in [1.165, 1.54) is 0 Å². The van der Waals surface area contributed by atoms with E-state index in [0.717, 1.165) is 30.0 Å². The van der Waals surface area contributed by atoms with Crippen LogP contribution in [0.4, 0.5) is 29.0 Å². The number of anilines is 5. The summed E-state index contributed by atoms with van der Waals surface area (Å²) in [6.07, 6.45) is 4.87. The molecule has 0 saturated carbocycles. The quantitative estimate of drug-likeness (QED) is 0.193. The number of morpholine rings is 1. The molecule has 11 nitrogen and oxygen atoms in total. The number of rotatable bonds is 8. The van der Waals surface area contributed by atoms with Crippen LogP contribution in [-0.4, -0.2) is 71.7 Å². The van der Waals surface area contributed by atoms with Gasteiger partial charge in [-0.15, -0.1) is 0 Å². The molecule has 42 heavy (non-hydrogen) atoms. The second-order valence-corrected chi connectivity index (χ2v) is 14.7. The molecule has 4 aromatic heterocycles. The Morgan fingerprint density at radius 2 is 1.86 bits per heavy atom. The van der Waals surface area contributed by atoms with Gasteiger partial charge in [-0.25, -0.2) is 4.98 Å². The van der Waals surface area contributed by atoms with Crippen molar-refractivity contribution in [2.24, 2.45) is 0 Å². The van der Waals surface area contributed by atoms with Crippen molar-refractivity contribution in [2.75, 3.05) is 62.3 Å². The largest absolute Gasteiger partial charge is 0.479 e. The van der Waals surface area contributed by atoms with Gasteiger partial charge in [0.1, 0.15) is 30.0 Å². The second kappa shape index (κ2) is 11.9. The molecule has 216 valence electrons. The molecule has 5 heterocycles. The van der Waals surface area contributed by atoms with Crippen molar-refractivity contribution in [3.8, 4) is 17.0 Å². The summed E-state index contributed by atoms with van der Waals surface area (Å²) in [5, 5.41) is 11.4. The maximum Gasteiger partial charge on any atom is 0.239 e. The van der Waals surface area contributed by atoms with Gasteiger partial charge in [0.25, 0.3) is 0 Å². The summed E-state index contributed by atoms with van der Waals surface area (Å²) >= 11 is 5.18. The molecule has 0 unspecified atom stereocenters. The Hall–Kier alpha value is -3.64. The van der Waals surface area contributed by atoms with E-state index in [1.54, 1.807) is 50.4 Å². The van der Waals surface area contributed by atoms with Crippen LogP contribution in [0.2, 0.25) is 0 Å². The van der Waals surface area contributed by atoms with Crippen molar-refractivity contribution in [1.82, 2.24) is 24.9 Å². The van der Waals surface area contributed by atoms with E-state index in [4.69, 9.17) is 19.4 Å². The lowest BCUT2D eigenvalue weighted by molar-refractivity contribution is 0.122. The highest BCUT2D eigenvalue weighted by atomic mass is 79.9. The molecule has 5 aromatic rings. The Morgan fingerprint density at radius 1 is 1.05 bits per heavy atom. The number of pyridine rings is 1. The highest BCUT2D eigenvalue weighted by Crippen LogP contribution is 2.42. The van der Waals surface area contributed by atoms with Crippen LogP contribution >= 0.6 is 34.4 Å². The highest BCUT2D eigenvalue weighted by Gasteiger charge is 2.24. The molecule has 1 saturated heterocycles. The summed E-state index contributed by atoms with van der Waals surface area (Å²) in [5.41, 5.74) is 4.56. The van der Waals surface area contributed by atoms with Crippen LogP contribution in [-0.2, 0) is 9.30 Å². The molecule has 0 spiro atoms. The molecular weight excluding hydrogens is 639 g/mol. The number of aromatic nitrogens is 5. The maximum absolute atomic E-state index is 13.4. The van der Waals surface area contributed by atoms with Crippen LogP contribution in [0.5, 0.6) is 5.88 Å². The maximum atomic E-state index is 13.4. The first kappa shape index (κ1) is 28.5. The number of fused-ring (bicyclic) bond motifs is 1. The molecule has 14 heteroatoms. The monoisotopic (exact) mass is 666 g/mol. The van der Waals surface area contributed by atoms with Gasteiger partial charge >= 0.3 is 0 Å². The minimum Gasteiger partial charge on any atom is -0.479 e. The SMILES string of the molecule is COc1nc(N2CCOCC2)c(-c2ccsc2)cc1Nc1ncc(Br)c(Nc2ccc3nccnc3c2P(C)(C)=O)n1. The number of halogens is 1. The zero-order chi connectivity index (χ0) is 29.3. The third-order valence-electron chi connectivity index (χ3n) is 6.70. The highest BCUT2D eigenvalue weighted by molar-refractivity contribution is 9.10. The molecule has 0 bridgehead atoms. The van der Waals surface area contributed by atoms with E-state index in [-0.39, 0.29) is 0 Å². The zero-order valence-corrected chi connectivity index (χ0v) is 26.5. The van der Waals surface area contributed by atoms with E-state index >= 15 is 0 Å². The van der Waals surface area contributed by atoms with Gasteiger partial charge in [-0.1, -0.05) is 0 Å². The van der Waals surface area contributed by atoms with E-state index in [1.807, 2.05) is 23.6 Å². The fourth-order valence-corrected chi connectivity index (χ4v) is 7.15. The molecule has 1 fully saturated rings. The Labute approximate surface area is 255 Å². The summed E-state index contributed by atoms with van der Waals surface area (Å²) in [6, 6.07) is 7.78. The number of methoxy groups -OCH3 is 1. The lowest BCUT2D eigenvalue weighted by atomic mass is 10.1. The van der Waals surface area contributed by atoms with Crippen LogP contribution < -0.4 is 25.6 Å². The van der Waals surface area contributed by atoms with Crippen LogP contribution in [0, 0.1) is 0 Å². The van der Waals surface area contributed by atoms with Crippen molar-refractivity contribution >= 4 is 79.7 Å². The van der Waals surface area contributed by atoms with E-state index in [9.17, 15) is 4.57 Å². The molecule has 1 aliphatic rings. The second-order valence-electron chi connectivity index (χ2n) is 9.90. The Morgan fingerprint density at radius 3 is 2.60 bits per heavy atom. The average molecular weight is 668 g/mol. The molecule has 0 aliphatic carbocycles. The lowest BCUT2D eigenvalue weighted by Gasteiger charge is -2.30. The molecule has 6 rings (SSSR count). The Kier molecular flexibility index (Phi) is 8.09. The minimum absolute atomic E-state index is 0.328. The predicted octanol–water partition coefficient (Wildman–Crippen LogP) is 5.89.